The molecule has 0 saturated carbocycles. The standard InChI is InChI=1S/C12H4Cl6O/c13-6-1-4(2-7(14)10(6)17)5-3-8(15)12(19)11(18)9(5)16/h1-3,19H. The van der Waals surface area contributed by atoms with Crippen LogP contribution in [-0.4, -0.2) is 5.11 Å². The zero-order chi connectivity index (χ0) is 14.3. The van der Waals surface area contributed by atoms with Gasteiger partial charge >= 0.3 is 0 Å². The minimum atomic E-state index is -0.275. The van der Waals surface area contributed by atoms with E-state index in [9.17, 15) is 5.11 Å². The summed E-state index contributed by atoms with van der Waals surface area (Å²) in [5.74, 6) is -0.275. The van der Waals surface area contributed by atoms with Crippen molar-refractivity contribution >= 4 is 69.6 Å². The molecule has 0 unspecified atom stereocenters. The monoisotopic (exact) mass is 374 g/mol. The fourth-order valence-corrected chi connectivity index (χ4v) is 2.81. The molecule has 2 aromatic carbocycles. The van der Waals surface area contributed by atoms with Gasteiger partial charge in [0.2, 0.25) is 0 Å². The molecule has 100 valence electrons. The molecule has 1 nitrogen and oxygen atoms in total. The summed E-state index contributed by atoms with van der Waals surface area (Å²) in [7, 11) is 0. The van der Waals surface area contributed by atoms with Crippen molar-refractivity contribution in [3.63, 3.8) is 0 Å². The highest BCUT2D eigenvalue weighted by atomic mass is 35.5. The van der Waals surface area contributed by atoms with Gasteiger partial charge in [-0.25, -0.2) is 0 Å². The van der Waals surface area contributed by atoms with Crippen molar-refractivity contribution in [1.82, 2.24) is 0 Å². The van der Waals surface area contributed by atoms with Crippen molar-refractivity contribution in [1.29, 1.82) is 0 Å². The van der Waals surface area contributed by atoms with Gasteiger partial charge in [0.1, 0.15) is 5.02 Å². The van der Waals surface area contributed by atoms with Crippen molar-refractivity contribution in [2.75, 3.05) is 0 Å². The lowest BCUT2D eigenvalue weighted by Crippen LogP contribution is -1.85. The highest BCUT2D eigenvalue weighted by Gasteiger charge is 2.17. The second-order valence-corrected chi connectivity index (χ2v) is 5.99. The topological polar surface area (TPSA) is 20.2 Å². The molecule has 2 rings (SSSR count). The maximum absolute atomic E-state index is 9.59. The Morgan fingerprint density at radius 2 is 1.16 bits per heavy atom. The van der Waals surface area contributed by atoms with E-state index in [1.807, 2.05) is 0 Å². The van der Waals surface area contributed by atoms with Crippen LogP contribution in [0.15, 0.2) is 18.2 Å². The Morgan fingerprint density at radius 3 is 1.68 bits per heavy atom. The van der Waals surface area contributed by atoms with Gasteiger partial charge in [0.15, 0.2) is 5.75 Å². The molecular weight excluding hydrogens is 373 g/mol. The van der Waals surface area contributed by atoms with E-state index in [1.54, 1.807) is 12.1 Å². The van der Waals surface area contributed by atoms with Crippen LogP contribution in [0, 0.1) is 0 Å². The SMILES string of the molecule is Oc1c(Cl)cc(-c2cc(Cl)c(Cl)c(Cl)c2)c(Cl)c1Cl. The van der Waals surface area contributed by atoms with Crippen molar-refractivity contribution in [3.8, 4) is 16.9 Å². The van der Waals surface area contributed by atoms with Crippen LogP contribution in [-0.2, 0) is 0 Å². The second-order valence-electron chi connectivity index (χ2n) is 3.64. The minimum absolute atomic E-state index is 0.0358. The van der Waals surface area contributed by atoms with Crippen LogP contribution in [0.4, 0.5) is 0 Å². The van der Waals surface area contributed by atoms with Crippen LogP contribution in [0.3, 0.4) is 0 Å². The highest BCUT2D eigenvalue weighted by molar-refractivity contribution is 6.49. The van der Waals surface area contributed by atoms with Gasteiger partial charge in [-0.2, -0.15) is 0 Å². The first-order valence-corrected chi connectivity index (χ1v) is 7.11. The van der Waals surface area contributed by atoms with E-state index in [0.29, 0.717) is 11.1 Å². The molecule has 0 spiro atoms. The first kappa shape index (κ1) is 15.4. The summed E-state index contributed by atoms with van der Waals surface area (Å²) in [6.45, 7) is 0. The molecule has 2 aromatic rings. The molecule has 0 heterocycles. The lowest BCUT2D eigenvalue weighted by molar-refractivity contribution is 0.476. The Hall–Kier alpha value is -0.0200. The van der Waals surface area contributed by atoms with E-state index in [2.05, 4.69) is 0 Å². The molecule has 1 N–H and O–H groups in total. The molecule has 0 aromatic heterocycles. The molecule has 0 aliphatic rings. The number of phenols is 1. The molecule has 0 atom stereocenters. The molecule has 0 saturated heterocycles. The zero-order valence-corrected chi connectivity index (χ0v) is 13.5. The number of aromatic hydroxyl groups is 1. The summed E-state index contributed by atoms with van der Waals surface area (Å²) in [6, 6.07) is 4.64. The van der Waals surface area contributed by atoms with Crippen LogP contribution in [0.1, 0.15) is 0 Å². The smallest absolute Gasteiger partial charge is 0.154 e. The average Bonchev–Trinajstić information content (AvgIpc) is 2.37. The van der Waals surface area contributed by atoms with Gasteiger partial charge in [-0.05, 0) is 23.8 Å². The zero-order valence-electron chi connectivity index (χ0n) is 8.95. The van der Waals surface area contributed by atoms with E-state index in [-0.39, 0.29) is 35.9 Å². The van der Waals surface area contributed by atoms with Crippen LogP contribution in [0.25, 0.3) is 11.1 Å². The highest BCUT2D eigenvalue weighted by Crippen LogP contribution is 2.45. The Balaban J connectivity index is 2.73. The predicted octanol–water partition coefficient (Wildman–Crippen LogP) is 6.98. The second kappa shape index (κ2) is 5.77. The van der Waals surface area contributed by atoms with E-state index < -0.39 is 0 Å². The quantitative estimate of drug-likeness (QED) is 0.420. The summed E-state index contributed by atoms with van der Waals surface area (Å²) < 4.78 is 0. The molecule has 0 bridgehead atoms. The predicted molar refractivity (Wildman–Crippen MR) is 83.6 cm³/mol. The largest absolute Gasteiger partial charge is 0.505 e. The van der Waals surface area contributed by atoms with Crippen LogP contribution >= 0.6 is 69.6 Å². The van der Waals surface area contributed by atoms with Crippen LogP contribution < -0.4 is 0 Å². The van der Waals surface area contributed by atoms with Crippen molar-refractivity contribution < 1.29 is 5.11 Å². The summed E-state index contributed by atoms with van der Waals surface area (Å²) in [4.78, 5) is 0. The molecule has 0 aliphatic heterocycles. The Kier molecular flexibility index (Phi) is 4.67. The number of hydrogen-bond acceptors (Lipinski definition) is 1. The van der Waals surface area contributed by atoms with E-state index >= 15 is 0 Å². The number of hydrogen-bond donors (Lipinski definition) is 1. The van der Waals surface area contributed by atoms with Crippen molar-refractivity contribution in [2.45, 2.75) is 0 Å². The third kappa shape index (κ3) is 2.87. The Bertz CT molecular complexity index is 645. The Labute approximate surface area is 139 Å². The normalized spacial score (nSPS) is 10.8. The number of phenolic OH excluding ortho intramolecular Hbond substituents is 1. The number of rotatable bonds is 1. The van der Waals surface area contributed by atoms with Gasteiger partial charge in [-0.1, -0.05) is 69.6 Å². The van der Waals surface area contributed by atoms with Gasteiger partial charge in [0.25, 0.3) is 0 Å². The molecule has 7 heteroatoms. The van der Waals surface area contributed by atoms with E-state index in [4.69, 9.17) is 69.6 Å². The maximum atomic E-state index is 9.59. The van der Waals surface area contributed by atoms with Gasteiger partial charge < -0.3 is 5.11 Å². The first-order chi connectivity index (χ1) is 8.82. The fraction of sp³-hybridized carbons (Fsp3) is 0. The molecular formula is C12H4Cl6O. The van der Waals surface area contributed by atoms with Gasteiger partial charge in [-0.3, -0.25) is 0 Å². The third-order valence-corrected chi connectivity index (χ3v) is 4.77. The summed E-state index contributed by atoms with van der Waals surface area (Å²) in [5, 5.41) is 10.6. The van der Waals surface area contributed by atoms with Crippen molar-refractivity contribution in [2.24, 2.45) is 0 Å². The van der Waals surface area contributed by atoms with E-state index in [1.165, 1.54) is 6.07 Å². The molecule has 0 aliphatic carbocycles. The van der Waals surface area contributed by atoms with Crippen LogP contribution in [0.2, 0.25) is 30.1 Å². The van der Waals surface area contributed by atoms with Gasteiger partial charge in [0, 0.05) is 5.56 Å². The number of benzene rings is 2. The first-order valence-electron chi connectivity index (χ1n) is 4.84. The minimum Gasteiger partial charge on any atom is -0.505 e. The van der Waals surface area contributed by atoms with Gasteiger partial charge in [0.05, 0.1) is 25.1 Å². The Morgan fingerprint density at radius 1 is 0.632 bits per heavy atom. The van der Waals surface area contributed by atoms with Gasteiger partial charge in [-0.15, -0.1) is 0 Å². The van der Waals surface area contributed by atoms with E-state index in [0.717, 1.165) is 0 Å². The maximum Gasteiger partial charge on any atom is 0.154 e. The summed E-state index contributed by atoms with van der Waals surface area (Å²) in [6.07, 6.45) is 0. The van der Waals surface area contributed by atoms with Crippen LogP contribution in [0.5, 0.6) is 5.75 Å². The average molecular weight is 377 g/mol. The molecule has 0 amide bonds. The molecule has 0 fully saturated rings. The summed E-state index contributed by atoms with van der Waals surface area (Å²) in [5.41, 5.74) is 1.09. The number of halogens is 6. The fourth-order valence-electron chi connectivity index (χ4n) is 1.51. The molecule has 19 heavy (non-hydrogen) atoms. The molecule has 0 radical (unpaired) electrons. The summed E-state index contributed by atoms with van der Waals surface area (Å²) >= 11 is 35.6. The lowest BCUT2D eigenvalue weighted by atomic mass is 10.1. The third-order valence-electron chi connectivity index (χ3n) is 2.43. The lowest BCUT2D eigenvalue weighted by Gasteiger charge is -2.11. The van der Waals surface area contributed by atoms with Crippen molar-refractivity contribution in [3.05, 3.63) is 48.3 Å².